The van der Waals surface area contributed by atoms with Gasteiger partial charge >= 0.3 is 0 Å². The van der Waals surface area contributed by atoms with E-state index in [2.05, 4.69) is 45.0 Å². The van der Waals surface area contributed by atoms with Crippen molar-refractivity contribution in [3.63, 3.8) is 0 Å². The van der Waals surface area contributed by atoms with Crippen molar-refractivity contribution in [3.05, 3.63) is 28.8 Å². The van der Waals surface area contributed by atoms with E-state index in [4.69, 9.17) is 16.0 Å². The number of hydrogen-bond acceptors (Lipinski definition) is 2. The number of hydrogen-bond donors (Lipinski definition) is 0. The molecule has 0 saturated heterocycles. The van der Waals surface area contributed by atoms with Crippen molar-refractivity contribution in [2.75, 3.05) is 0 Å². The zero-order valence-corrected chi connectivity index (χ0v) is 14.4. The third-order valence-electron chi connectivity index (χ3n) is 3.75. The fraction of sp³-hybridized carbons (Fsp3) is 0.643. The summed E-state index contributed by atoms with van der Waals surface area (Å²) in [5.74, 6) is -0.524. The van der Waals surface area contributed by atoms with Gasteiger partial charge in [-0.2, -0.15) is 0 Å². The molecule has 0 amide bonds. The van der Waals surface area contributed by atoms with Crippen LogP contribution in [-0.4, -0.2) is 13.3 Å². The van der Waals surface area contributed by atoms with E-state index in [1.165, 1.54) is 6.07 Å². The zero-order chi connectivity index (χ0) is 15.1. The zero-order valence-electron chi connectivity index (χ0n) is 12.7. The van der Waals surface area contributed by atoms with Crippen LogP contribution < -0.4 is 0 Å². The van der Waals surface area contributed by atoms with Crippen LogP contribution in [0.15, 0.2) is 6.07 Å². The molecule has 0 aromatic carbocycles. The lowest BCUT2D eigenvalue weighted by molar-refractivity contribution is 0.0860. The summed E-state index contributed by atoms with van der Waals surface area (Å²) < 4.78 is 20.4. The van der Waals surface area contributed by atoms with Gasteiger partial charge in [0.05, 0.1) is 11.8 Å². The summed E-state index contributed by atoms with van der Waals surface area (Å²) in [6.07, 6.45) is 2.61. The Hall–Kier alpha value is -0.453. The van der Waals surface area contributed by atoms with Crippen molar-refractivity contribution < 1.29 is 8.82 Å². The molecule has 1 radical (unpaired) electrons. The Morgan fingerprint density at radius 3 is 2.26 bits per heavy atom. The van der Waals surface area contributed by atoms with Gasteiger partial charge in [0.25, 0.3) is 0 Å². The van der Waals surface area contributed by atoms with Gasteiger partial charge in [0.1, 0.15) is 0 Å². The van der Waals surface area contributed by atoms with Crippen LogP contribution in [0.3, 0.4) is 0 Å². The maximum atomic E-state index is 14.1. The molecule has 2 nitrogen and oxygen atoms in total. The van der Waals surface area contributed by atoms with E-state index in [0.29, 0.717) is 5.56 Å². The average Bonchev–Trinajstić information content (AvgIpc) is 2.18. The van der Waals surface area contributed by atoms with Crippen LogP contribution in [0.1, 0.15) is 40.2 Å². The molecular formula is C14H22ClFNOSi. The number of halogens is 2. The Morgan fingerprint density at radius 1 is 1.26 bits per heavy atom. The summed E-state index contributed by atoms with van der Waals surface area (Å²) in [4.78, 5) is 3.62. The first-order chi connectivity index (χ1) is 8.38. The van der Waals surface area contributed by atoms with Crippen molar-refractivity contribution in [1.82, 2.24) is 4.98 Å². The monoisotopic (exact) mass is 302 g/mol. The van der Waals surface area contributed by atoms with Crippen molar-refractivity contribution in [2.45, 2.75) is 58.4 Å². The largest absolute Gasteiger partial charge is 0.408 e. The van der Waals surface area contributed by atoms with E-state index in [9.17, 15) is 4.39 Å². The Bertz CT molecular complexity index is 469. The van der Waals surface area contributed by atoms with Gasteiger partial charge in [-0.1, -0.05) is 32.4 Å². The summed E-state index contributed by atoms with van der Waals surface area (Å²) in [5, 5.41) is -0.106. The fourth-order valence-corrected chi connectivity index (χ4v) is 3.50. The highest BCUT2D eigenvalue weighted by atomic mass is 35.5. The van der Waals surface area contributed by atoms with E-state index >= 15 is 0 Å². The molecule has 0 aliphatic carbocycles. The van der Waals surface area contributed by atoms with Gasteiger partial charge in [0.2, 0.25) is 0 Å². The second-order valence-corrected chi connectivity index (χ2v) is 11.9. The van der Waals surface area contributed by atoms with Crippen molar-refractivity contribution in [3.8, 4) is 0 Å². The highest BCUT2D eigenvalue weighted by Crippen LogP contribution is 2.42. The van der Waals surface area contributed by atoms with E-state index in [1.54, 1.807) is 0 Å². The highest BCUT2D eigenvalue weighted by Gasteiger charge is 2.42. The molecule has 0 unspecified atom stereocenters. The summed E-state index contributed by atoms with van der Waals surface area (Å²) in [6, 6.07) is 1.51. The molecule has 0 fully saturated rings. The first-order valence-electron chi connectivity index (χ1n) is 6.31. The Balaban J connectivity index is 3.15. The maximum Gasteiger partial charge on any atom is 0.193 e. The minimum atomic E-state index is -2.01. The quantitative estimate of drug-likeness (QED) is 0.583. The van der Waals surface area contributed by atoms with Crippen LogP contribution in [-0.2, 0) is 10.0 Å². The smallest absolute Gasteiger partial charge is 0.193 e. The van der Waals surface area contributed by atoms with E-state index in [1.807, 2.05) is 13.8 Å². The summed E-state index contributed by atoms with van der Waals surface area (Å²) >= 11 is 5.72. The molecule has 0 aliphatic rings. The van der Waals surface area contributed by atoms with E-state index in [-0.39, 0.29) is 10.2 Å². The second kappa shape index (κ2) is 5.15. The predicted molar refractivity (Wildman–Crippen MR) is 79.3 cm³/mol. The number of nitrogens with zero attached hydrogens (tertiary/aromatic N) is 1. The molecule has 0 bridgehead atoms. The first-order valence-corrected chi connectivity index (χ1v) is 9.60. The molecule has 1 heterocycles. The molecule has 1 aromatic heterocycles. The molecule has 19 heavy (non-hydrogen) atoms. The minimum Gasteiger partial charge on any atom is -0.408 e. The molecule has 5 heteroatoms. The molecule has 0 spiro atoms. The summed E-state index contributed by atoms with van der Waals surface area (Å²) in [6.45, 7) is 14.4. The lowest BCUT2D eigenvalue weighted by Gasteiger charge is -2.43. The lowest BCUT2D eigenvalue weighted by Crippen LogP contribution is -2.46. The summed E-state index contributed by atoms with van der Waals surface area (Å²) in [7, 11) is -2.01. The van der Waals surface area contributed by atoms with Gasteiger partial charge in [-0.15, -0.1) is 0 Å². The van der Waals surface area contributed by atoms with Crippen molar-refractivity contribution >= 4 is 19.9 Å². The van der Waals surface area contributed by atoms with Crippen molar-refractivity contribution in [2.24, 2.45) is 0 Å². The molecular weight excluding hydrogens is 281 g/mol. The molecule has 0 saturated carbocycles. The van der Waals surface area contributed by atoms with Crippen LogP contribution in [0, 0.1) is 12.0 Å². The molecule has 0 aliphatic heterocycles. The SMILES string of the molecule is CC(C)(O[Si](C)(C)C(C)(C)C)c1c[c]nc(Cl)c1F. The Labute approximate surface area is 121 Å². The van der Waals surface area contributed by atoms with E-state index in [0.717, 1.165) is 0 Å². The number of aromatic nitrogens is 1. The molecule has 0 atom stereocenters. The van der Waals surface area contributed by atoms with Gasteiger partial charge < -0.3 is 4.43 Å². The average molecular weight is 303 g/mol. The van der Waals surface area contributed by atoms with Crippen LogP contribution in [0.25, 0.3) is 0 Å². The standard InChI is InChI=1S/C14H22ClFNOSi/c1-13(2,3)19(6,7)18-14(4,5)10-8-9-17-12(15)11(10)16/h8H,1-7H3. The Morgan fingerprint density at radius 2 is 1.79 bits per heavy atom. The van der Waals surface area contributed by atoms with Gasteiger partial charge in [-0.25, -0.2) is 9.37 Å². The normalized spacial score (nSPS) is 13.7. The predicted octanol–water partition coefficient (Wildman–Crippen LogP) is 4.93. The highest BCUT2D eigenvalue weighted by molar-refractivity contribution is 6.74. The molecule has 1 aromatic rings. The second-order valence-electron chi connectivity index (χ2n) is 6.78. The van der Waals surface area contributed by atoms with Gasteiger partial charge in [0.15, 0.2) is 19.3 Å². The van der Waals surface area contributed by atoms with Gasteiger partial charge in [0, 0.05) is 5.56 Å². The first kappa shape index (κ1) is 16.6. The maximum absolute atomic E-state index is 14.1. The molecule has 107 valence electrons. The molecule has 1 rings (SSSR count). The third kappa shape index (κ3) is 3.55. The van der Waals surface area contributed by atoms with Gasteiger partial charge in [-0.05, 0) is 38.0 Å². The number of pyridine rings is 1. The van der Waals surface area contributed by atoms with E-state index < -0.39 is 19.7 Å². The Kier molecular flexibility index (Phi) is 4.50. The summed E-state index contributed by atoms with van der Waals surface area (Å²) in [5.41, 5.74) is -0.354. The van der Waals surface area contributed by atoms with Crippen LogP contribution >= 0.6 is 11.6 Å². The minimum absolute atomic E-state index is 0.0568. The fourth-order valence-electron chi connectivity index (χ4n) is 1.66. The van der Waals surface area contributed by atoms with Crippen LogP contribution in [0.4, 0.5) is 4.39 Å². The molecule has 0 N–H and O–H groups in total. The topological polar surface area (TPSA) is 22.1 Å². The number of rotatable bonds is 3. The van der Waals surface area contributed by atoms with Crippen molar-refractivity contribution in [1.29, 1.82) is 0 Å². The third-order valence-corrected chi connectivity index (χ3v) is 8.64. The lowest BCUT2D eigenvalue weighted by atomic mass is 9.99. The van der Waals surface area contributed by atoms with Crippen LogP contribution in [0.2, 0.25) is 23.3 Å². The van der Waals surface area contributed by atoms with Crippen LogP contribution in [0.5, 0.6) is 0 Å². The van der Waals surface area contributed by atoms with Gasteiger partial charge in [-0.3, -0.25) is 0 Å².